The molecule has 0 aromatic heterocycles. The Labute approximate surface area is 219 Å². The molecule has 202 valence electrons. The summed E-state index contributed by atoms with van der Waals surface area (Å²) in [6, 6.07) is 3.95. The number of ketones is 3. The van der Waals surface area contributed by atoms with E-state index in [0.29, 0.717) is 0 Å². The molecule has 38 heavy (non-hydrogen) atoms. The van der Waals surface area contributed by atoms with E-state index in [1.54, 1.807) is 19.9 Å². The molecule has 2 aliphatic carbocycles. The SMILES string of the molecule is CCC(=O)[C@@H]1Cc2c(O)c3c(c(O)c2[C@@H](O[C@H]2C[C@H](N)[C@@H](O)[C@H](C)O2)C1)C(=O)c1c(OC)cccc1C3=O. The fourth-order valence-corrected chi connectivity index (χ4v) is 5.89. The third kappa shape index (κ3) is 3.99. The lowest BCUT2D eigenvalue weighted by Crippen LogP contribution is -2.52. The second-order valence-electron chi connectivity index (χ2n) is 10.1. The Kier molecular flexibility index (Phi) is 6.77. The zero-order valence-electron chi connectivity index (χ0n) is 21.4. The highest BCUT2D eigenvalue weighted by atomic mass is 16.7. The summed E-state index contributed by atoms with van der Waals surface area (Å²) in [7, 11) is 1.37. The number of methoxy groups -OCH3 is 1. The number of benzene rings is 2. The first-order valence-corrected chi connectivity index (χ1v) is 12.7. The van der Waals surface area contributed by atoms with Crippen LogP contribution in [0.5, 0.6) is 17.2 Å². The fraction of sp³-hybridized carbons (Fsp3) is 0.464. The Morgan fingerprint density at radius 3 is 2.47 bits per heavy atom. The summed E-state index contributed by atoms with van der Waals surface area (Å²) < 4.78 is 17.3. The second kappa shape index (κ2) is 9.77. The van der Waals surface area contributed by atoms with E-state index in [-0.39, 0.29) is 70.6 Å². The van der Waals surface area contributed by atoms with Gasteiger partial charge in [-0.05, 0) is 25.8 Å². The van der Waals surface area contributed by atoms with Crippen molar-refractivity contribution in [1.29, 1.82) is 0 Å². The number of aromatic hydroxyl groups is 2. The smallest absolute Gasteiger partial charge is 0.202 e. The van der Waals surface area contributed by atoms with Crippen molar-refractivity contribution in [2.24, 2.45) is 11.7 Å². The summed E-state index contributed by atoms with van der Waals surface area (Å²) in [5.74, 6) is -2.68. The number of aliphatic hydroxyl groups is 1. The van der Waals surface area contributed by atoms with Crippen molar-refractivity contribution >= 4 is 17.3 Å². The third-order valence-corrected chi connectivity index (χ3v) is 7.90. The van der Waals surface area contributed by atoms with Crippen LogP contribution in [-0.4, -0.2) is 64.3 Å². The number of carbonyl (C=O) groups excluding carboxylic acids is 3. The van der Waals surface area contributed by atoms with Gasteiger partial charge in [0, 0.05) is 41.5 Å². The van der Waals surface area contributed by atoms with Crippen molar-refractivity contribution in [3.63, 3.8) is 0 Å². The number of rotatable bonds is 5. The molecule has 0 bridgehead atoms. The van der Waals surface area contributed by atoms with Crippen molar-refractivity contribution in [2.45, 2.75) is 70.2 Å². The van der Waals surface area contributed by atoms with Gasteiger partial charge >= 0.3 is 0 Å². The molecular formula is C28H31NO9. The molecule has 10 nitrogen and oxygen atoms in total. The highest BCUT2D eigenvalue weighted by molar-refractivity contribution is 6.31. The van der Waals surface area contributed by atoms with Gasteiger partial charge in [-0.15, -0.1) is 0 Å². The van der Waals surface area contributed by atoms with Crippen molar-refractivity contribution in [2.75, 3.05) is 7.11 Å². The topological polar surface area (TPSA) is 166 Å². The Balaban J connectivity index is 1.65. The van der Waals surface area contributed by atoms with Gasteiger partial charge in [-0.2, -0.15) is 0 Å². The molecule has 6 atom stereocenters. The summed E-state index contributed by atoms with van der Waals surface area (Å²) in [6.07, 6.45) is -2.67. The average Bonchev–Trinajstić information content (AvgIpc) is 2.90. The standard InChI is InChI=1S/C28H31NO9/c1-4-16(30)12-8-14-21(18(9-12)38-19-10-15(29)24(31)11(2)37-19)28(35)23-22(26(14)33)25(32)13-6-5-7-17(36-3)20(13)27(23)34/h5-7,11-12,15,18-19,24,31,33,35H,4,8-10,29H2,1-3H3/t11-,12+,15-,18-,19-,24-/m0/s1. The first-order chi connectivity index (χ1) is 18.1. The van der Waals surface area contributed by atoms with Crippen LogP contribution in [0, 0.1) is 5.92 Å². The van der Waals surface area contributed by atoms with Crippen LogP contribution in [-0.2, 0) is 20.7 Å². The Bertz CT molecular complexity index is 1320. The van der Waals surface area contributed by atoms with Gasteiger partial charge in [0.1, 0.15) is 23.0 Å². The number of phenols is 2. The van der Waals surface area contributed by atoms with Crippen LogP contribution in [0.15, 0.2) is 18.2 Å². The zero-order chi connectivity index (χ0) is 27.5. The van der Waals surface area contributed by atoms with Crippen LogP contribution in [0.4, 0.5) is 0 Å². The molecule has 5 rings (SSSR count). The van der Waals surface area contributed by atoms with E-state index < -0.39 is 59.6 Å². The summed E-state index contributed by atoms with van der Waals surface area (Å²) in [5, 5.41) is 33.1. The van der Waals surface area contributed by atoms with Crippen LogP contribution >= 0.6 is 0 Å². The first kappa shape index (κ1) is 26.3. The van der Waals surface area contributed by atoms with Crippen LogP contribution in [0.2, 0.25) is 0 Å². The van der Waals surface area contributed by atoms with Crippen molar-refractivity contribution in [1.82, 2.24) is 0 Å². The molecule has 5 N–H and O–H groups in total. The number of aliphatic hydroxyl groups excluding tert-OH is 1. The van der Waals surface area contributed by atoms with E-state index in [0.717, 1.165) is 0 Å². The number of hydrogen-bond acceptors (Lipinski definition) is 10. The third-order valence-electron chi connectivity index (χ3n) is 7.90. The number of hydrogen-bond donors (Lipinski definition) is 4. The Morgan fingerprint density at radius 2 is 1.82 bits per heavy atom. The molecule has 1 fully saturated rings. The van der Waals surface area contributed by atoms with Crippen LogP contribution in [0.1, 0.15) is 82.2 Å². The number of phenolic OH excluding ortho intramolecular Hbond substituents is 2. The molecule has 10 heteroatoms. The van der Waals surface area contributed by atoms with Crippen LogP contribution in [0.3, 0.4) is 0 Å². The lowest BCUT2D eigenvalue weighted by molar-refractivity contribution is -0.243. The zero-order valence-corrected chi connectivity index (χ0v) is 21.4. The largest absolute Gasteiger partial charge is 0.507 e. The van der Waals surface area contributed by atoms with Crippen molar-refractivity contribution in [3.8, 4) is 17.2 Å². The average molecular weight is 526 g/mol. The molecule has 0 radical (unpaired) electrons. The van der Waals surface area contributed by atoms with Gasteiger partial charge < -0.3 is 35.3 Å². The molecule has 0 amide bonds. The molecular weight excluding hydrogens is 494 g/mol. The van der Waals surface area contributed by atoms with Crippen molar-refractivity contribution < 1.29 is 43.9 Å². The minimum absolute atomic E-state index is 0.00105. The minimum atomic E-state index is -0.947. The number of fused-ring (bicyclic) bond motifs is 3. The van der Waals surface area contributed by atoms with E-state index in [4.69, 9.17) is 19.9 Å². The van der Waals surface area contributed by atoms with E-state index in [2.05, 4.69) is 0 Å². The lowest BCUT2D eigenvalue weighted by Gasteiger charge is -2.40. The van der Waals surface area contributed by atoms with Gasteiger partial charge in [-0.3, -0.25) is 14.4 Å². The quantitative estimate of drug-likeness (QED) is 0.363. The predicted molar refractivity (Wildman–Crippen MR) is 133 cm³/mol. The lowest BCUT2D eigenvalue weighted by atomic mass is 9.73. The van der Waals surface area contributed by atoms with Gasteiger partial charge in [0.25, 0.3) is 0 Å². The van der Waals surface area contributed by atoms with Crippen molar-refractivity contribution in [3.05, 3.63) is 51.6 Å². The van der Waals surface area contributed by atoms with E-state index in [9.17, 15) is 29.7 Å². The predicted octanol–water partition coefficient (Wildman–Crippen LogP) is 2.30. The summed E-state index contributed by atoms with van der Waals surface area (Å²) in [6.45, 7) is 3.39. The molecule has 0 saturated carbocycles. The molecule has 1 saturated heterocycles. The Morgan fingerprint density at radius 1 is 1.11 bits per heavy atom. The van der Waals surface area contributed by atoms with Gasteiger partial charge in [0.15, 0.2) is 12.1 Å². The number of ether oxygens (including phenoxy) is 3. The molecule has 0 spiro atoms. The number of nitrogens with two attached hydrogens (primary N) is 1. The maximum absolute atomic E-state index is 13.7. The maximum atomic E-state index is 13.7. The molecule has 3 aliphatic rings. The summed E-state index contributed by atoms with van der Waals surface area (Å²) in [5.41, 5.74) is 5.80. The van der Waals surface area contributed by atoms with Gasteiger partial charge in [-0.25, -0.2) is 0 Å². The maximum Gasteiger partial charge on any atom is 0.202 e. The highest BCUT2D eigenvalue weighted by Crippen LogP contribution is 2.51. The Hall–Kier alpha value is -3.31. The first-order valence-electron chi connectivity index (χ1n) is 12.7. The van der Waals surface area contributed by atoms with Crippen LogP contribution in [0.25, 0.3) is 0 Å². The molecule has 0 unspecified atom stereocenters. The summed E-state index contributed by atoms with van der Waals surface area (Å²) in [4.78, 5) is 40.0. The molecule has 1 heterocycles. The fourth-order valence-electron chi connectivity index (χ4n) is 5.89. The monoisotopic (exact) mass is 525 g/mol. The molecule has 2 aromatic carbocycles. The summed E-state index contributed by atoms with van der Waals surface area (Å²) >= 11 is 0. The second-order valence-corrected chi connectivity index (χ2v) is 10.1. The van der Waals surface area contributed by atoms with E-state index >= 15 is 0 Å². The number of carbonyl (C=O) groups is 3. The molecule has 1 aliphatic heterocycles. The van der Waals surface area contributed by atoms with E-state index in [1.165, 1.54) is 19.2 Å². The van der Waals surface area contributed by atoms with Crippen LogP contribution < -0.4 is 10.5 Å². The highest BCUT2D eigenvalue weighted by Gasteiger charge is 2.45. The van der Waals surface area contributed by atoms with Gasteiger partial charge in [0.2, 0.25) is 5.78 Å². The number of Topliss-reactive ketones (excluding diaryl/α,β-unsaturated/α-hetero) is 1. The van der Waals surface area contributed by atoms with Gasteiger partial charge in [-0.1, -0.05) is 19.1 Å². The van der Waals surface area contributed by atoms with E-state index in [1.807, 2.05) is 0 Å². The van der Waals surface area contributed by atoms with Gasteiger partial charge in [0.05, 0.1) is 42.1 Å². The normalized spacial score (nSPS) is 28.3. The molecule has 2 aromatic rings. The minimum Gasteiger partial charge on any atom is -0.507 e.